The van der Waals surface area contributed by atoms with Crippen LogP contribution in [0, 0.1) is 5.92 Å². The minimum atomic E-state index is -0.887. The van der Waals surface area contributed by atoms with Crippen molar-refractivity contribution < 1.29 is 28.5 Å². The molecule has 0 saturated carbocycles. The zero-order chi connectivity index (χ0) is 25.0. The lowest BCUT2D eigenvalue weighted by molar-refractivity contribution is -0.148. The molecule has 8 nitrogen and oxygen atoms in total. The topological polar surface area (TPSA) is 90.1 Å². The number of esters is 2. The molecule has 4 heterocycles. The Balaban J connectivity index is 1.60. The van der Waals surface area contributed by atoms with Crippen LogP contribution in [0.25, 0.3) is 17.0 Å². The number of aromatic amines is 1. The van der Waals surface area contributed by atoms with Gasteiger partial charge in [-0.25, -0.2) is 4.79 Å². The van der Waals surface area contributed by atoms with E-state index in [2.05, 4.69) is 11.1 Å². The summed E-state index contributed by atoms with van der Waals surface area (Å²) in [5.41, 5.74) is 5.52. The molecule has 0 aliphatic carbocycles. The van der Waals surface area contributed by atoms with Crippen LogP contribution in [-0.2, 0) is 19.1 Å². The minimum absolute atomic E-state index is 0.173. The van der Waals surface area contributed by atoms with E-state index in [4.69, 9.17) is 18.9 Å². The van der Waals surface area contributed by atoms with Gasteiger partial charge in [0.05, 0.1) is 30.5 Å². The zero-order valence-corrected chi connectivity index (χ0v) is 20.3. The number of nitrogens with one attached hydrogen (secondary N) is 1. The van der Waals surface area contributed by atoms with Gasteiger partial charge in [-0.05, 0) is 50.6 Å². The number of carbonyl (C=O) groups is 2. The van der Waals surface area contributed by atoms with Gasteiger partial charge in [0.15, 0.2) is 11.5 Å². The molecule has 1 aromatic heterocycles. The van der Waals surface area contributed by atoms with E-state index in [9.17, 15) is 9.59 Å². The van der Waals surface area contributed by atoms with E-state index in [1.54, 1.807) is 13.8 Å². The van der Waals surface area contributed by atoms with Gasteiger partial charge in [-0.2, -0.15) is 0 Å². The van der Waals surface area contributed by atoms with Gasteiger partial charge in [0, 0.05) is 27.9 Å². The first-order valence-corrected chi connectivity index (χ1v) is 12.1. The van der Waals surface area contributed by atoms with Crippen LogP contribution < -0.4 is 9.47 Å². The summed E-state index contributed by atoms with van der Waals surface area (Å²) in [7, 11) is 0. The summed E-state index contributed by atoms with van der Waals surface area (Å²) in [5, 5.41) is 1.04. The normalized spacial score (nSPS) is 19.8. The summed E-state index contributed by atoms with van der Waals surface area (Å²) in [5.74, 6) is -0.521. The molecule has 1 N–H and O–H groups in total. The number of hydrogen-bond acceptors (Lipinski definition) is 7. The SMILES string of the molecule is CCOC(=O)C1=C(C)N2C(=Cc3c([nH]c4ccccc34)C2c2ccc3c(c2)OCO3)C1C(=O)OCC. The standard InChI is InChI=1S/C28H26N2O6/c1-4-33-27(31)23-15(3)30-20(24(23)28(32)34-5-2)13-18-17-8-6-7-9-19(17)29-25(18)26(30)16-10-11-21-22(12-16)36-14-35-21/h6-13,24,26,29H,4-5,14H2,1-3H3. The van der Waals surface area contributed by atoms with Crippen LogP contribution in [0.4, 0.5) is 0 Å². The monoisotopic (exact) mass is 486 g/mol. The maximum atomic E-state index is 13.3. The Morgan fingerprint density at radius 2 is 1.83 bits per heavy atom. The van der Waals surface area contributed by atoms with Gasteiger partial charge in [-0.1, -0.05) is 24.3 Å². The van der Waals surface area contributed by atoms with Crippen LogP contribution in [0.1, 0.15) is 43.6 Å². The van der Waals surface area contributed by atoms with Crippen molar-refractivity contribution in [2.24, 2.45) is 5.92 Å². The molecule has 3 aliphatic heterocycles. The fraction of sp³-hybridized carbons (Fsp3) is 0.286. The maximum absolute atomic E-state index is 13.3. The summed E-state index contributed by atoms with van der Waals surface area (Å²) < 4.78 is 22.0. The number of nitrogens with zero attached hydrogens (tertiary/aromatic N) is 1. The number of aromatic nitrogens is 1. The van der Waals surface area contributed by atoms with E-state index in [1.165, 1.54) is 0 Å². The summed E-state index contributed by atoms with van der Waals surface area (Å²) in [6, 6.07) is 13.6. The molecule has 2 atom stereocenters. The van der Waals surface area contributed by atoms with Crippen LogP contribution >= 0.6 is 0 Å². The molecule has 36 heavy (non-hydrogen) atoms. The van der Waals surface area contributed by atoms with E-state index in [0.29, 0.717) is 28.5 Å². The smallest absolute Gasteiger partial charge is 0.337 e. The highest BCUT2D eigenvalue weighted by Gasteiger charge is 2.49. The summed E-state index contributed by atoms with van der Waals surface area (Å²) in [6.07, 6.45) is 1.99. The molecular weight excluding hydrogens is 460 g/mol. The molecule has 0 amide bonds. The summed E-state index contributed by atoms with van der Waals surface area (Å²) in [6.45, 7) is 5.95. The molecule has 0 spiro atoms. The number of rotatable bonds is 5. The van der Waals surface area contributed by atoms with Crippen molar-refractivity contribution in [1.82, 2.24) is 9.88 Å². The first-order chi connectivity index (χ1) is 17.5. The lowest BCUT2D eigenvalue weighted by atomic mass is 9.90. The Bertz CT molecular complexity index is 1470. The van der Waals surface area contributed by atoms with Crippen molar-refractivity contribution in [3.63, 3.8) is 0 Å². The molecule has 184 valence electrons. The van der Waals surface area contributed by atoms with E-state index < -0.39 is 17.9 Å². The lowest BCUT2D eigenvalue weighted by Crippen LogP contribution is -2.32. The average Bonchev–Trinajstić information content (AvgIpc) is 3.56. The average molecular weight is 487 g/mol. The van der Waals surface area contributed by atoms with Crippen LogP contribution in [0.2, 0.25) is 0 Å². The second kappa shape index (κ2) is 8.48. The van der Waals surface area contributed by atoms with Crippen molar-refractivity contribution >= 4 is 28.9 Å². The highest BCUT2D eigenvalue weighted by molar-refractivity contribution is 6.01. The minimum Gasteiger partial charge on any atom is -0.465 e. The fourth-order valence-corrected chi connectivity index (χ4v) is 5.49. The van der Waals surface area contributed by atoms with Crippen LogP contribution in [0.5, 0.6) is 11.5 Å². The second-order valence-corrected chi connectivity index (χ2v) is 8.86. The number of carbonyl (C=O) groups excluding carboxylic acids is 2. The molecule has 3 aliphatic rings. The fourth-order valence-electron chi connectivity index (χ4n) is 5.49. The third kappa shape index (κ3) is 3.21. The Morgan fingerprint density at radius 1 is 1.06 bits per heavy atom. The first-order valence-electron chi connectivity index (χ1n) is 12.1. The zero-order valence-electron chi connectivity index (χ0n) is 20.3. The number of allylic oxidation sites excluding steroid dienone is 1. The first kappa shape index (κ1) is 22.3. The molecule has 0 radical (unpaired) electrons. The molecule has 2 aromatic carbocycles. The van der Waals surface area contributed by atoms with Gasteiger partial charge in [-0.3, -0.25) is 4.79 Å². The van der Waals surface area contributed by atoms with Crippen LogP contribution in [0.15, 0.2) is 59.4 Å². The van der Waals surface area contributed by atoms with Gasteiger partial charge in [0.1, 0.15) is 5.92 Å². The maximum Gasteiger partial charge on any atom is 0.337 e. The predicted octanol–water partition coefficient (Wildman–Crippen LogP) is 4.67. The lowest BCUT2D eigenvalue weighted by Gasteiger charge is -2.36. The molecule has 0 fully saturated rings. The van der Waals surface area contributed by atoms with Crippen molar-refractivity contribution in [2.45, 2.75) is 26.8 Å². The Labute approximate surface area is 208 Å². The molecule has 0 bridgehead atoms. The summed E-state index contributed by atoms with van der Waals surface area (Å²) >= 11 is 0. The van der Waals surface area contributed by atoms with Crippen molar-refractivity contribution in [1.29, 1.82) is 0 Å². The van der Waals surface area contributed by atoms with Gasteiger partial charge in [-0.15, -0.1) is 0 Å². The van der Waals surface area contributed by atoms with E-state index in [1.807, 2.05) is 54.3 Å². The van der Waals surface area contributed by atoms with Gasteiger partial charge >= 0.3 is 11.9 Å². The third-order valence-corrected chi connectivity index (χ3v) is 6.94. The molecule has 0 saturated heterocycles. The summed E-state index contributed by atoms with van der Waals surface area (Å²) in [4.78, 5) is 32.1. The predicted molar refractivity (Wildman–Crippen MR) is 132 cm³/mol. The van der Waals surface area contributed by atoms with E-state index >= 15 is 0 Å². The van der Waals surface area contributed by atoms with Crippen molar-refractivity contribution in [3.8, 4) is 11.5 Å². The molecule has 8 heteroatoms. The van der Waals surface area contributed by atoms with Gasteiger partial charge in [0.2, 0.25) is 6.79 Å². The van der Waals surface area contributed by atoms with Crippen molar-refractivity contribution in [2.75, 3.05) is 20.0 Å². The number of benzene rings is 2. The number of fused-ring (bicyclic) bond motifs is 5. The molecular formula is C28H26N2O6. The molecule has 3 aromatic rings. The van der Waals surface area contributed by atoms with E-state index in [-0.39, 0.29) is 26.0 Å². The third-order valence-electron chi connectivity index (χ3n) is 6.94. The van der Waals surface area contributed by atoms with Gasteiger partial charge < -0.3 is 28.8 Å². The molecule has 2 unspecified atom stereocenters. The van der Waals surface area contributed by atoms with Gasteiger partial charge in [0.25, 0.3) is 0 Å². The quantitative estimate of drug-likeness (QED) is 0.524. The number of H-pyrrole nitrogens is 1. The van der Waals surface area contributed by atoms with E-state index in [0.717, 1.165) is 27.7 Å². The number of para-hydroxylation sites is 1. The van der Waals surface area contributed by atoms with Crippen LogP contribution in [-0.4, -0.2) is 41.8 Å². The number of ether oxygens (including phenoxy) is 4. The highest BCUT2D eigenvalue weighted by atomic mass is 16.7. The Morgan fingerprint density at radius 3 is 2.64 bits per heavy atom. The second-order valence-electron chi connectivity index (χ2n) is 8.86. The highest BCUT2D eigenvalue weighted by Crippen LogP contribution is 2.52. The Kier molecular flexibility index (Phi) is 5.25. The number of hydrogen-bond donors (Lipinski definition) is 1. The van der Waals surface area contributed by atoms with Crippen molar-refractivity contribution in [3.05, 3.63) is 76.3 Å². The molecule has 6 rings (SSSR count). The van der Waals surface area contributed by atoms with Crippen LogP contribution in [0.3, 0.4) is 0 Å². The largest absolute Gasteiger partial charge is 0.465 e. The Hall–Kier alpha value is -4.20.